The summed E-state index contributed by atoms with van der Waals surface area (Å²) in [6, 6.07) is 6.33. The predicted octanol–water partition coefficient (Wildman–Crippen LogP) is 2.51. The van der Waals surface area contributed by atoms with E-state index in [-0.39, 0.29) is 0 Å². The van der Waals surface area contributed by atoms with E-state index in [2.05, 4.69) is 48.2 Å². The quantitative estimate of drug-likeness (QED) is 0.792. The zero-order valence-electron chi connectivity index (χ0n) is 11.8. The van der Waals surface area contributed by atoms with Crippen molar-refractivity contribution in [2.75, 3.05) is 6.54 Å². The smallest absolute Gasteiger partial charge is 0.233 e. The van der Waals surface area contributed by atoms with E-state index in [0.29, 0.717) is 6.54 Å². The van der Waals surface area contributed by atoms with Crippen LogP contribution in [0.5, 0.6) is 0 Å². The summed E-state index contributed by atoms with van der Waals surface area (Å²) in [6.45, 7) is 4.87. The molecule has 4 heteroatoms. The fourth-order valence-electron chi connectivity index (χ4n) is 2.41. The maximum Gasteiger partial charge on any atom is 0.233 e. The minimum absolute atomic E-state index is 0.605. The molecule has 3 rings (SSSR count). The summed E-state index contributed by atoms with van der Waals surface area (Å²) in [4.78, 5) is 8.89. The lowest BCUT2D eigenvalue weighted by molar-refractivity contribution is 0.936. The van der Waals surface area contributed by atoms with Crippen molar-refractivity contribution in [3.63, 3.8) is 0 Å². The molecule has 2 heterocycles. The molecule has 0 fully saturated rings. The fourth-order valence-corrected chi connectivity index (χ4v) is 2.41. The topological polar surface area (TPSA) is 56.2 Å². The van der Waals surface area contributed by atoms with Gasteiger partial charge in [-0.15, -0.1) is 0 Å². The van der Waals surface area contributed by atoms with Crippen LogP contribution in [0.1, 0.15) is 16.8 Å². The van der Waals surface area contributed by atoms with Crippen LogP contribution in [0.15, 0.2) is 36.8 Å². The number of hydrogen-bond donors (Lipinski definition) is 1. The van der Waals surface area contributed by atoms with Gasteiger partial charge in [-0.25, -0.2) is 9.97 Å². The molecule has 0 spiro atoms. The van der Waals surface area contributed by atoms with Gasteiger partial charge < -0.3 is 5.73 Å². The Bertz CT molecular complexity index is 758. The maximum atomic E-state index is 5.57. The molecule has 0 aliphatic rings. The first-order chi connectivity index (χ1) is 9.69. The number of nitrogens with zero attached hydrogens (tertiary/aromatic N) is 3. The summed E-state index contributed by atoms with van der Waals surface area (Å²) >= 11 is 0. The van der Waals surface area contributed by atoms with E-state index in [1.165, 1.54) is 16.7 Å². The summed E-state index contributed by atoms with van der Waals surface area (Å²) in [5, 5.41) is 0. The zero-order chi connectivity index (χ0) is 14.1. The van der Waals surface area contributed by atoms with Gasteiger partial charge in [-0.1, -0.05) is 18.2 Å². The molecule has 20 heavy (non-hydrogen) atoms. The van der Waals surface area contributed by atoms with Crippen molar-refractivity contribution >= 4 is 5.78 Å². The van der Waals surface area contributed by atoms with Crippen molar-refractivity contribution in [1.29, 1.82) is 0 Å². The van der Waals surface area contributed by atoms with Crippen LogP contribution in [0, 0.1) is 13.8 Å². The van der Waals surface area contributed by atoms with Crippen LogP contribution >= 0.6 is 0 Å². The van der Waals surface area contributed by atoms with E-state index in [4.69, 9.17) is 5.73 Å². The second kappa shape index (κ2) is 5.06. The van der Waals surface area contributed by atoms with Gasteiger partial charge >= 0.3 is 0 Å². The van der Waals surface area contributed by atoms with Gasteiger partial charge in [0.05, 0.1) is 5.69 Å². The lowest BCUT2D eigenvalue weighted by Gasteiger charge is -2.08. The molecular formula is C16H18N4. The molecule has 0 aliphatic heterocycles. The Labute approximate surface area is 118 Å². The van der Waals surface area contributed by atoms with Gasteiger partial charge in [-0.2, -0.15) is 0 Å². The minimum atomic E-state index is 0.605. The molecule has 0 bridgehead atoms. The van der Waals surface area contributed by atoms with Crippen LogP contribution in [-0.2, 0) is 6.42 Å². The first-order valence-corrected chi connectivity index (χ1v) is 6.79. The third-order valence-corrected chi connectivity index (χ3v) is 3.68. The molecule has 2 N–H and O–H groups in total. The van der Waals surface area contributed by atoms with Crippen molar-refractivity contribution in [2.45, 2.75) is 20.3 Å². The molecule has 2 aromatic heterocycles. The fraction of sp³-hybridized carbons (Fsp3) is 0.250. The molecule has 0 radical (unpaired) electrons. The van der Waals surface area contributed by atoms with Gasteiger partial charge in [-0.3, -0.25) is 4.40 Å². The Hall–Kier alpha value is -2.20. The van der Waals surface area contributed by atoms with Gasteiger partial charge in [0.25, 0.3) is 0 Å². The maximum absolute atomic E-state index is 5.57. The summed E-state index contributed by atoms with van der Waals surface area (Å²) in [7, 11) is 0. The van der Waals surface area contributed by atoms with Crippen LogP contribution in [0.4, 0.5) is 0 Å². The Balaban J connectivity index is 2.10. The Kier molecular flexibility index (Phi) is 3.24. The van der Waals surface area contributed by atoms with Crippen molar-refractivity contribution in [3.05, 3.63) is 53.6 Å². The number of nitrogens with two attached hydrogens (primary N) is 1. The van der Waals surface area contributed by atoms with Crippen molar-refractivity contribution < 1.29 is 0 Å². The van der Waals surface area contributed by atoms with Crippen LogP contribution in [0.3, 0.4) is 0 Å². The van der Waals surface area contributed by atoms with Gasteiger partial charge in [-0.05, 0) is 37.1 Å². The highest BCUT2D eigenvalue weighted by Gasteiger charge is 2.07. The van der Waals surface area contributed by atoms with E-state index in [1.807, 2.05) is 16.8 Å². The number of aromatic nitrogens is 3. The zero-order valence-corrected chi connectivity index (χ0v) is 11.8. The number of rotatable bonds is 3. The number of benzene rings is 1. The van der Waals surface area contributed by atoms with Crippen molar-refractivity contribution in [1.82, 2.24) is 14.4 Å². The number of fused-ring (bicyclic) bond motifs is 1. The Morgan fingerprint density at radius 2 is 2.05 bits per heavy atom. The summed E-state index contributed by atoms with van der Waals surface area (Å²) in [5.74, 6) is 0.725. The Morgan fingerprint density at radius 1 is 1.20 bits per heavy atom. The predicted molar refractivity (Wildman–Crippen MR) is 80.7 cm³/mol. The first kappa shape index (κ1) is 12.8. The van der Waals surface area contributed by atoms with E-state index in [9.17, 15) is 0 Å². The molecule has 0 unspecified atom stereocenters. The lowest BCUT2D eigenvalue weighted by atomic mass is 9.99. The van der Waals surface area contributed by atoms with E-state index < -0.39 is 0 Å². The molecule has 0 amide bonds. The standard InChI is InChI=1S/C16H18N4/c1-11-4-3-5-15(12(11)2)13-8-18-16-19-14(6-7-17)10-20(16)9-13/h3-5,8-10H,6-7,17H2,1-2H3. The SMILES string of the molecule is Cc1cccc(-c2cnc3nc(CCN)cn3c2)c1C. The monoisotopic (exact) mass is 266 g/mol. The molecular weight excluding hydrogens is 248 g/mol. The van der Waals surface area contributed by atoms with E-state index >= 15 is 0 Å². The molecule has 3 aromatic rings. The van der Waals surface area contributed by atoms with Crippen molar-refractivity contribution in [3.8, 4) is 11.1 Å². The van der Waals surface area contributed by atoms with Gasteiger partial charge in [0.2, 0.25) is 5.78 Å². The molecule has 4 nitrogen and oxygen atoms in total. The second-order valence-electron chi connectivity index (χ2n) is 5.07. The molecule has 1 aromatic carbocycles. The average molecular weight is 266 g/mol. The van der Waals surface area contributed by atoms with Crippen molar-refractivity contribution in [2.24, 2.45) is 5.73 Å². The number of aryl methyl sites for hydroxylation is 1. The highest BCUT2D eigenvalue weighted by molar-refractivity contribution is 5.67. The van der Waals surface area contributed by atoms with Crippen LogP contribution in [-0.4, -0.2) is 20.9 Å². The number of imidazole rings is 1. The molecule has 0 atom stereocenters. The van der Waals surface area contributed by atoms with E-state index in [1.54, 1.807) is 0 Å². The number of hydrogen-bond acceptors (Lipinski definition) is 3. The largest absolute Gasteiger partial charge is 0.330 e. The second-order valence-corrected chi connectivity index (χ2v) is 5.07. The van der Waals surface area contributed by atoms with Crippen LogP contribution in [0.25, 0.3) is 16.9 Å². The molecule has 0 saturated heterocycles. The third kappa shape index (κ3) is 2.18. The minimum Gasteiger partial charge on any atom is -0.330 e. The van der Waals surface area contributed by atoms with Crippen LogP contribution < -0.4 is 5.73 Å². The Morgan fingerprint density at radius 3 is 2.85 bits per heavy atom. The molecule has 102 valence electrons. The molecule has 0 aliphatic carbocycles. The summed E-state index contributed by atoms with van der Waals surface area (Å²) < 4.78 is 1.97. The third-order valence-electron chi connectivity index (χ3n) is 3.68. The van der Waals surface area contributed by atoms with E-state index in [0.717, 1.165) is 23.5 Å². The average Bonchev–Trinajstić information content (AvgIpc) is 2.83. The highest BCUT2D eigenvalue weighted by atomic mass is 15.1. The van der Waals surface area contributed by atoms with Gasteiger partial charge in [0.1, 0.15) is 0 Å². The first-order valence-electron chi connectivity index (χ1n) is 6.79. The van der Waals surface area contributed by atoms with Gasteiger partial charge in [0.15, 0.2) is 0 Å². The summed E-state index contributed by atoms with van der Waals surface area (Å²) in [6.07, 6.45) is 6.75. The van der Waals surface area contributed by atoms with Gasteiger partial charge in [0, 0.05) is 30.6 Å². The molecule has 0 saturated carbocycles. The summed E-state index contributed by atoms with van der Waals surface area (Å²) in [5.41, 5.74) is 11.5. The normalized spacial score (nSPS) is 11.2. The lowest BCUT2D eigenvalue weighted by Crippen LogP contribution is -2.02. The highest BCUT2D eigenvalue weighted by Crippen LogP contribution is 2.24. The van der Waals surface area contributed by atoms with Crippen LogP contribution in [0.2, 0.25) is 0 Å².